The summed E-state index contributed by atoms with van der Waals surface area (Å²) in [4.78, 5) is 0. The maximum Gasteiger partial charge on any atom is 0.171 e. The summed E-state index contributed by atoms with van der Waals surface area (Å²) in [5.41, 5.74) is 10.4. The lowest BCUT2D eigenvalue weighted by molar-refractivity contribution is 0.592. The molecule has 0 aliphatic rings. The predicted molar refractivity (Wildman–Crippen MR) is 206 cm³/mol. The van der Waals surface area contributed by atoms with Gasteiger partial charge in [0, 0.05) is 15.9 Å². The van der Waals surface area contributed by atoms with E-state index in [1.54, 1.807) is 0 Å². The molecule has 0 saturated heterocycles. The van der Waals surface area contributed by atoms with Gasteiger partial charge in [-0.25, -0.2) is 0 Å². The Balaban J connectivity index is 1.31. The molecular formula is C45H39OP. The van der Waals surface area contributed by atoms with Crippen LogP contribution in [-0.2, 0) is 4.57 Å². The number of hydrogen-bond donors (Lipinski definition) is 0. The van der Waals surface area contributed by atoms with E-state index in [1.807, 2.05) is 36.4 Å². The molecule has 6 aromatic rings. The molecule has 2 heteroatoms. The first-order chi connectivity index (χ1) is 22.8. The van der Waals surface area contributed by atoms with Crippen molar-refractivity contribution in [3.05, 3.63) is 196 Å². The van der Waals surface area contributed by atoms with Crippen LogP contribution in [0.2, 0.25) is 0 Å². The highest BCUT2D eigenvalue weighted by molar-refractivity contribution is 7.85. The highest BCUT2D eigenvalue weighted by atomic mass is 31.2. The molecule has 0 N–H and O–H groups in total. The molecule has 0 spiro atoms. The van der Waals surface area contributed by atoms with Gasteiger partial charge in [-0.15, -0.1) is 0 Å². The van der Waals surface area contributed by atoms with Crippen LogP contribution in [0, 0.1) is 20.8 Å². The molecule has 47 heavy (non-hydrogen) atoms. The molecule has 1 nitrogen and oxygen atoms in total. The molecular weight excluding hydrogens is 587 g/mol. The molecule has 0 unspecified atom stereocenters. The van der Waals surface area contributed by atoms with Crippen LogP contribution in [0.25, 0.3) is 36.5 Å². The van der Waals surface area contributed by atoms with E-state index in [9.17, 15) is 0 Å². The zero-order valence-corrected chi connectivity index (χ0v) is 28.1. The lowest BCUT2D eigenvalue weighted by atomic mass is 10.1. The average Bonchev–Trinajstić information content (AvgIpc) is 3.11. The van der Waals surface area contributed by atoms with Gasteiger partial charge in [0.1, 0.15) is 0 Å². The quantitative estimate of drug-likeness (QED) is 0.115. The predicted octanol–water partition coefficient (Wildman–Crippen LogP) is 10.8. The molecule has 0 aromatic heterocycles. The van der Waals surface area contributed by atoms with E-state index in [0.717, 1.165) is 49.3 Å². The Morgan fingerprint density at radius 2 is 0.468 bits per heavy atom. The lowest BCUT2D eigenvalue weighted by Gasteiger charge is -2.20. The third-order valence-corrected chi connectivity index (χ3v) is 11.5. The van der Waals surface area contributed by atoms with Gasteiger partial charge in [0.05, 0.1) is 0 Å². The van der Waals surface area contributed by atoms with E-state index in [-0.39, 0.29) is 0 Å². The van der Waals surface area contributed by atoms with E-state index >= 15 is 4.57 Å². The van der Waals surface area contributed by atoms with E-state index < -0.39 is 7.14 Å². The Morgan fingerprint density at radius 1 is 0.298 bits per heavy atom. The Hall–Kier alpha value is -5.23. The highest BCUT2D eigenvalue weighted by Gasteiger charge is 2.29. The van der Waals surface area contributed by atoms with Crippen LogP contribution >= 0.6 is 7.14 Å². The van der Waals surface area contributed by atoms with Crippen molar-refractivity contribution in [2.24, 2.45) is 0 Å². The van der Waals surface area contributed by atoms with Gasteiger partial charge in [0.2, 0.25) is 0 Å². The molecule has 230 valence electrons. The lowest BCUT2D eigenvalue weighted by Crippen LogP contribution is -2.25. The topological polar surface area (TPSA) is 17.1 Å². The van der Waals surface area contributed by atoms with Crippen LogP contribution in [-0.4, -0.2) is 0 Å². The van der Waals surface area contributed by atoms with E-state index in [1.165, 1.54) is 16.7 Å². The fourth-order valence-corrected chi connectivity index (χ4v) is 8.04. The van der Waals surface area contributed by atoms with Gasteiger partial charge in [0.15, 0.2) is 7.14 Å². The summed E-state index contributed by atoms with van der Waals surface area (Å²) in [6, 6.07) is 49.9. The summed E-state index contributed by atoms with van der Waals surface area (Å²) in [5.74, 6) is 0. The summed E-state index contributed by atoms with van der Waals surface area (Å²) in [7, 11) is -3.16. The Morgan fingerprint density at radius 3 is 0.660 bits per heavy atom. The van der Waals surface area contributed by atoms with Crippen LogP contribution in [0.15, 0.2) is 146 Å². The molecule has 6 rings (SSSR count). The smallest absolute Gasteiger partial charge is 0.171 e. The van der Waals surface area contributed by atoms with Crippen molar-refractivity contribution in [2.45, 2.75) is 20.8 Å². The second kappa shape index (κ2) is 14.5. The second-order valence-electron chi connectivity index (χ2n) is 12.1. The molecule has 0 amide bonds. The first kappa shape index (κ1) is 31.7. The van der Waals surface area contributed by atoms with Gasteiger partial charge in [-0.1, -0.05) is 199 Å². The average molecular weight is 627 g/mol. The summed E-state index contributed by atoms with van der Waals surface area (Å²) in [6.07, 6.45) is 12.6. The van der Waals surface area contributed by atoms with Crippen molar-refractivity contribution in [3.8, 4) is 0 Å². The minimum Gasteiger partial charge on any atom is -0.309 e. The molecule has 0 heterocycles. The Labute approximate surface area is 279 Å². The number of hydrogen-bond acceptors (Lipinski definition) is 1. The zero-order valence-electron chi connectivity index (χ0n) is 27.2. The number of aryl methyl sites for hydroxylation is 3. The largest absolute Gasteiger partial charge is 0.309 e. The van der Waals surface area contributed by atoms with Gasteiger partial charge >= 0.3 is 0 Å². The molecule has 0 atom stereocenters. The van der Waals surface area contributed by atoms with Crippen LogP contribution in [0.3, 0.4) is 0 Å². The maximum absolute atomic E-state index is 15.3. The molecule has 0 bridgehead atoms. The van der Waals surface area contributed by atoms with E-state index in [4.69, 9.17) is 0 Å². The fraction of sp³-hybridized carbons (Fsp3) is 0.0667. The molecule has 0 saturated carbocycles. The van der Waals surface area contributed by atoms with Crippen LogP contribution < -0.4 is 15.9 Å². The minimum absolute atomic E-state index is 0.816. The zero-order chi connectivity index (χ0) is 32.6. The molecule has 0 aliphatic carbocycles. The fourth-order valence-electron chi connectivity index (χ4n) is 5.44. The van der Waals surface area contributed by atoms with Crippen LogP contribution in [0.4, 0.5) is 0 Å². The summed E-state index contributed by atoms with van der Waals surface area (Å²) < 4.78 is 15.3. The van der Waals surface area contributed by atoms with Crippen molar-refractivity contribution in [2.75, 3.05) is 0 Å². The molecule has 0 fully saturated rings. The van der Waals surface area contributed by atoms with Gasteiger partial charge in [0.25, 0.3) is 0 Å². The second-order valence-corrected chi connectivity index (χ2v) is 14.9. The van der Waals surface area contributed by atoms with Crippen molar-refractivity contribution >= 4 is 59.5 Å². The van der Waals surface area contributed by atoms with Crippen molar-refractivity contribution in [3.63, 3.8) is 0 Å². The minimum atomic E-state index is -3.16. The summed E-state index contributed by atoms with van der Waals surface area (Å²) >= 11 is 0. The van der Waals surface area contributed by atoms with Crippen molar-refractivity contribution in [1.29, 1.82) is 0 Å². The van der Waals surface area contributed by atoms with Crippen LogP contribution in [0.1, 0.15) is 50.1 Å². The number of benzene rings is 6. The van der Waals surface area contributed by atoms with Gasteiger partial charge in [-0.05, 0) is 54.2 Å². The third kappa shape index (κ3) is 7.95. The van der Waals surface area contributed by atoms with E-state index in [2.05, 4.69) is 166 Å². The number of rotatable bonds is 9. The molecule has 0 radical (unpaired) electrons. The van der Waals surface area contributed by atoms with Crippen molar-refractivity contribution < 1.29 is 4.57 Å². The third-order valence-electron chi connectivity index (χ3n) is 8.41. The summed E-state index contributed by atoms with van der Waals surface area (Å²) in [6.45, 7) is 6.28. The Bertz CT molecular complexity index is 1820. The van der Waals surface area contributed by atoms with Crippen LogP contribution in [0.5, 0.6) is 0 Å². The highest BCUT2D eigenvalue weighted by Crippen LogP contribution is 2.42. The molecule has 0 aliphatic heterocycles. The van der Waals surface area contributed by atoms with Gasteiger partial charge in [-0.2, -0.15) is 0 Å². The Kier molecular flexibility index (Phi) is 9.77. The first-order valence-electron chi connectivity index (χ1n) is 16.0. The van der Waals surface area contributed by atoms with Crippen molar-refractivity contribution in [1.82, 2.24) is 0 Å². The monoisotopic (exact) mass is 626 g/mol. The SMILES string of the molecule is Cc1ccc(/C=C/c2ccc(P(=O)(c3ccc(/C=C/c4ccc(C)cc4)cc3)c3ccc(/C=C/c4ccc(C)cc4)cc3)cc2)cc1. The van der Waals surface area contributed by atoms with Gasteiger partial charge in [-0.3, -0.25) is 0 Å². The van der Waals surface area contributed by atoms with Gasteiger partial charge < -0.3 is 4.57 Å². The normalized spacial score (nSPS) is 12.0. The molecule has 6 aromatic carbocycles. The first-order valence-corrected chi connectivity index (χ1v) is 17.7. The summed E-state index contributed by atoms with van der Waals surface area (Å²) in [5, 5.41) is 2.45. The standard InChI is InChI=1S/C45H39OP/c1-34-4-10-37(11-5-34)16-19-40-22-28-43(29-23-40)47(46,44-30-24-41(25-31-44)20-17-38-12-6-35(2)7-13-38)45-32-26-42(27-33-45)21-18-39-14-8-36(3)9-15-39/h4-33H,1-3H3/b19-16+,20-17+,21-18+. The maximum atomic E-state index is 15.3. The van der Waals surface area contributed by atoms with E-state index in [0.29, 0.717) is 0 Å².